The first-order valence-corrected chi connectivity index (χ1v) is 8.54. The van der Waals surface area contributed by atoms with Gasteiger partial charge in [-0.1, -0.05) is 5.73 Å². The lowest BCUT2D eigenvalue weighted by atomic mass is 10.1. The number of rotatable bonds is 1. The topological polar surface area (TPSA) is 43.7 Å². The van der Waals surface area contributed by atoms with E-state index in [1.807, 2.05) is 6.92 Å². The highest BCUT2D eigenvalue weighted by atomic mass is 19.4. The summed E-state index contributed by atoms with van der Waals surface area (Å²) in [5.74, 6) is 1.02. The van der Waals surface area contributed by atoms with Crippen LogP contribution in [0.3, 0.4) is 0 Å². The van der Waals surface area contributed by atoms with E-state index in [4.69, 9.17) is 4.99 Å². The van der Waals surface area contributed by atoms with E-state index in [-0.39, 0.29) is 5.75 Å². The molecule has 0 unspecified atom stereocenters. The summed E-state index contributed by atoms with van der Waals surface area (Å²) in [6, 6.07) is 4.12. The maximum absolute atomic E-state index is 12.6. The molecule has 9 heteroatoms. The van der Waals surface area contributed by atoms with Crippen LogP contribution in [0.5, 0.6) is 5.75 Å². The highest BCUT2D eigenvalue weighted by Crippen LogP contribution is 2.39. The molecule has 0 amide bonds. The number of amidine groups is 2. The number of nitrogens with zero attached hydrogens (tertiary/aromatic N) is 5. The predicted octanol–water partition coefficient (Wildman–Crippen LogP) is 3.11. The summed E-state index contributed by atoms with van der Waals surface area (Å²) in [5.41, 5.74) is 4.74. The molecule has 27 heavy (non-hydrogen) atoms. The third-order valence-corrected chi connectivity index (χ3v) is 4.57. The standard InChI is InChI=1S/C18H18F3N5O/c1-12-5-6-26-15-11-13(27-18(19,20)21)3-4-14(15)23-16(17(26)22-12)25-9-7-24(2)8-10-25/h3-4,6,11H,7-10H2,1-2H3. The minimum atomic E-state index is -4.75. The molecule has 6 nitrogen and oxygen atoms in total. The van der Waals surface area contributed by atoms with Gasteiger partial charge in [0, 0.05) is 32.2 Å². The Morgan fingerprint density at radius 3 is 2.52 bits per heavy atom. The van der Waals surface area contributed by atoms with E-state index >= 15 is 0 Å². The zero-order valence-corrected chi connectivity index (χ0v) is 14.9. The number of fused-ring (bicyclic) bond motifs is 3. The van der Waals surface area contributed by atoms with Crippen LogP contribution in [-0.4, -0.2) is 61.1 Å². The first-order chi connectivity index (χ1) is 12.8. The Kier molecular flexibility index (Phi) is 4.20. The van der Waals surface area contributed by atoms with Crippen LogP contribution in [0, 0.1) is 0 Å². The molecule has 0 aromatic heterocycles. The SMILES string of the molecule is CC1=C=CN2C(=N1)C(N1CCN(C)CC1)=Nc1ccc(OC(F)(F)F)cc12. The Morgan fingerprint density at radius 1 is 1.07 bits per heavy atom. The number of halogens is 3. The monoisotopic (exact) mass is 377 g/mol. The molecule has 1 fully saturated rings. The number of hydrogen-bond donors (Lipinski definition) is 0. The van der Waals surface area contributed by atoms with Crippen LogP contribution >= 0.6 is 0 Å². The van der Waals surface area contributed by atoms with Crippen molar-refractivity contribution in [2.24, 2.45) is 9.98 Å². The van der Waals surface area contributed by atoms with Gasteiger partial charge in [0.2, 0.25) is 0 Å². The molecule has 1 aromatic rings. The van der Waals surface area contributed by atoms with Crippen molar-refractivity contribution >= 4 is 23.0 Å². The van der Waals surface area contributed by atoms with Crippen molar-refractivity contribution in [3.05, 3.63) is 35.8 Å². The molecule has 0 N–H and O–H groups in total. The van der Waals surface area contributed by atoms with Gasteiger partial charge in [-0.25, -0.2) is 9.98 Å². The van der Waals surface area contributed by atoms with Crippen LogP contribution in [0.4, 0.5) is 24.5 Å². The lowest BCUT2D eigenvalue weighted by molar-refractivity contribution is -0.274. The first kappa shape index (κ1) is 17.6. The summed E-state index contributed by atoms with van der Waals surface area (Å²) in [6.07, 6.45) is -3.07. The van der Waals surface area contributed by atoms with Crippen molar-refractivity contribution in [1.82, 2.24) is 9.80 Å². The molecule has 0 saturated carbocycles. The van der Waals surface area contributed by atoms with Crippen LogP contribution < -0.4 is 9.64 Å². The van der Waals surface area contributed by atoms with Crippen LogP contribution in [0.1, 0.15) is 6.92 Å². The van der Waals surface area contributed by atoms with Crippen molar-refractivity contribution in [3.8, 4) is 5.75 Å². The smallest absolute Gasteiger partial charge is 0.406 e. The van der Waals surface area contributed by atoms with Crippen LogP contribution in [0.25, 0.3) is 0 Å². The van der Waals surface area contributed by atoms with E-state index in [1.165, 1.54) is 18.2 Å². The van der Waals surface area contributed by atoms with E-state index in [0.29, 0.717) is 22.9 Å². The molecule has 0 spiro atoms. The van der Waals surface area contributed by atoms with Crippen LogP contribution in [-0.2, 0) is 0 Å². The van der Waals surface area contributed by atoms with Gasteiger partial charge in [-0.15, -0.1) is 13.2 Å². The van der Waals surface area contributed by atoms with Crippen molar-refractivity contribution in [3.63, 3.8) is 0 Å². The van der Waals surface area contributed by atoms with Gasteiger partial charge in [-0.2, -0.15) is 0 Å². The summed E-state index contributed by atoms with van der Waals surface area (Å²) in [6.45, 7) is 5.24. The Labute approximate surface area is 154 Å². The van der Waals surface area contributed by atoms with Gasteiger partial charge < -0.3 is 14.5 Å². The van der Waals surface area contributed by atoms with Gasteiger partial charge in [0.15, 0.2) is 11.7 Å². The highest BCUT2D eigenvalue weighted by Gasteiger charge is 2.34. The number of likely N-dealkylation sites (N-methyl/N-ethyl adjacent to an activating group) is 1. The molecule has 3 aliphatic heterocycles. The largest absolute Gasteiger partial charge is 0.573 e. The van der Waals surface area contributed by atoms with Crippen molar-refractivity contribution in [1.29, 1.82) is 0 Å². The van der Waals surface area contributed by atoms with Crippen molar-refractivity contribution < 1.29 is 17.9 Å². The first-order valence-electron chi connectivity index (χ1n) is 8.54. The normalized spacial score (nSPS) is 19.8. The average Bonchev–Trinajstić information content (AvgIpc) is 2.60. The zero-order valence-electron chi connectivity index (χ0n) is 14.9. The molecular weight excluding hydrogens is 359 g/mol. The van der Waals surface area contributed by atoms with Crippen LogP contribution in [0.2, 0.25) is 0 Å². The highest BCUT2D eigenvalue weighted by molar-refractivity contribution is 6.48. The number of alkyl halides is 3. The van der Waals surface area contributed by atoms with E-state index < -0.39 is 6.36 Å². The predicted molar refractivity (Wildman–Crippen MR) is 96.5 cm³/mol. The third-order valence-electron chi connectivity index (χ3n) is 4.57. The Hall–Kier alpha value is -2.77. The second-order valence-electron chi connectivity index (χ2n) is 6.59. The van der Waals surface area contributed by atoms with Crippen LogP contribution in [0.15, 0.2) is 45.8 Å². The molecule has 0 radical (unpaired) electrons. The molecule has 0 atom stereocenters. The van der Waals surface area contributed by atoms with Crippen molar-refractivity contribution in [2.45, 2.75) is 13.3 Å². The summed E-state index contributed by atoms with van der Waals surface area (Å²) >= 11 is 0. The maximum Gasteiger partial charge on any atom is 0.573 e. The number of benzene rings is 1. The third kappa shape index (κ3) is 3.56. The fourth-order valence-corrected chi connectivity index (χ4v) is 3.19. The molecular formula is C18H18F3N5O. The lowest BCUT2D eigenvalue weighted by Gasteiger charge is -2.39. The summed E-state index contributed by atoms with van der Waals surface area (Å²) < 4.78 is 41.8. The van der Waals surface area contributed by atoms with Gasteiger partial charge in [0.05, 0.1) is 23.3 Å². The van der Waals surface area contributed by atoms with Gasteiger partial charge in [-0.05, 0) is 26.1 Å². The lowest BCUT2D eigenvalue weighted by Crippen LogP contribution is -2.53. The molecule has 3 aliphatic rings. The number of piperazine rings is 1. The van der Waals surface area contributed by atoms with Gasteiger partial charge in [0.1, 0.15) is 5.75 Å². The zero-order chi connectivity index (χ0) is 19.2. The molecule has 4 rings (SSSR count). The second kappa shape index (κ2) is 6.44. The van der Waals surface area contributed by atoms with Crippen molar-refractivity contribution in [2.75, 3.05) is 38.1 Å². The molecule has 1 saturated heterocycles. The van der Waals surface area contributed by atoms with Gasteiger partial charge in [0.25, 0.3) is 0 Å². The molecule has 0 bridgehead atoms. The van der Waals surface area contributed by atoms with E-state index in [0.717, 1.165) is 32.0 Å². The Bertz CT molecular complexity index is 891. The fourth-order valence-electron chi connectivity index (χ4n) is 3.19. The molecule has 1 aromatic carbocycles. The number of anilines is 1. The quantitative estimate of drug-likeness (QED) is 0.706. The fraction of sp³-hybridized carbons (Fsp3) is 0.389. The van der Waals surface area contributed by atoms with Gasteiger partial charge in [-0.3, -0.25) is 4.90 Å². The Morgan fingerprint density at radius 2 is 1.81 bits per heavy atom. The number of ether oxygens (including phenoxy) is 1. The number of hydrogen-bond acceptors (Lipinski definition) is 6. The van der Waals surface area contributed by atoms with E-state index in [9.17, 15) is 13.2 Å². The maximum atomic E-state index is 12.6. The molecule has 0 aliphatic carbocycles. The van der Waals surface area contributed by atoms with Gasteiger partial charge >= 0.3 is 6.36 Å². The summed E-state index contributed by atoms with van der Waals surface area (Å²) in [4.78, 5) is 15.4. The summed E-state index contributed by atoms with van der Waals surface area (Å²) in [7, 11) is 2.07. The average molecular weight is 377 g/mol. The second-order valence-corrected chi connectivity index (χ2v) is 6.59. The van der Waals surface area contributed by atoms with E-state index in [2.05, 4.69) is 32.3 Å². The summed E-state index contributed by atoms with van der Waals surface area (Å²) in [5, 5.41) is 0. The number of aliphatic imine (C=N–C) groups is 2. The number of allylic oxidation sites excluding steroid dienone is 1. The minimum absolute atomic E-state index is 0.293. The molecule has 142 valence electrons. The molecule has 3 heterocycles. The van der Waals surface area contributed by atoms with E-state index in [1.54, 1.807) is 11.1 Å². The minimum Gasteiger partial charge on any atom is -0.406 e. The Balaban J connectivity index is 1.76.